The Labute approximate surface area is 101 Å². The van der Waals surface area contributed by atoms with Gasteiger partial charge in [0.1, 0.15) is 11.6 Å². The van der Waals surface area contributed by atoms with Crippen molar-refractivity contribution in [2.24, 2.45) is 10.8 Å². The second-order valence-corrected chi connectivity index (χ2v) is 5.77. The van der Waals surface area contributed by atoms with Gasteiger partial charge in [-0.25, -0.2) is 4.39 Å². The third-order valence-electron chi connectivity index (χ3n) is 4.03. The van der Waals surface area contributed by atoms with Crippen LogP contribution in [0.2, 0.25) is 0 Å². The Hall–Kier alpha value is -1.38. The van der Waals surface area contributed by atoms with Crippen molar-refractivity contribution in [2.45, 2.75) is 27.7 Å². The van der Waals surface area contributed by atoms with E-state index in [2.05, 4.69) is 0 Å². The van der Waals surface area contributed by atoms with Crippen LogP contribution in [0, 0.1) is 16.6 Å². The molecule has 2 rings (SSSR count). The van der Waals surface area contributed by atoms with Crippen LogP contribution in [0.3, 0.4) is 0 Å². The van der Waals surface area contributed by atoms with Crippen LogP contribution in [-0.2, 0) is 0 Å². The molecule has 0 unspecified atom stereocenters. The van der Waals surface area contributed by atoms with E-state index in [0.717, 1.165) is 0 Å². The van der Waals surface area contributed by atoms with Crippen molar-refractivity contribution in [1.82, 2.24) is 0 Å². The monoisotopic (exact) mass is 236 g/mol. The fourth-order valence-electron chi connectivity index (χ4n) is 1.89. The standard InChI is InChI=1S/C14H17FO2/c1-13(2)8-17-11-6-5-9(15)7-10(11)12(16)14(13,3)4/h5-7H,8H2,1-4H3. The highest BCUT2D eigenvalue weighted by Gasteiger charge is 2.46. The molecule has 0 aliphatic carbocycles. The first-order valence-electron chi connectivity index (χ1n) is 5.73. The van der Waals surface area contributed by atoms with Gasteiger partial charge in [0.15, 0.2) is 5.78 Å². The Morgan fingerprint density at radius 3 is 2.53 bits per heavy atom. The van der Waals surface area contributed by atoms with E-state index in [9.17, 15) is 9.18 Å². The lowest BCUT2D eigenvalue weighted by atomic mass is 9.65. The summed E-state index contributed by atoms with van der Waals surface area (Å²) in [6, 6.07) is 4.11. The smallest absolute Gasteiger partial charge is 0.172 e. The van der Waals surface area contributed by atoms with Crippen LogP contribution in [0.4, 0.5) is 4.39 Å². The zero-order valence-electron chi connectivity index (χ0n) is 10.6. The van der Waals surface area contributed by atoms with Crippen LogP contribution in [0.15, 0.2) is 18.2 Å². The lowest BCUT2D eigenvalue weighted by Crippen LogP contribution is -2.41. The van der Waals surface area contributed by atoms with Crippen LogP contribution in [0.1, 0.15) is 38.1 Å². The molecule has 1 aliphatic rings. The van der Waals surface area contributed by atoms with Gasteiger partial charge in [-0.15, -0.1) is 0 Å². The highest BCUT2D eigenvalue weighted by Crippen LogP contribution is 2.45. The first kappa shape index (κ1) is 12.1. The summed E-state index contributed by atoms with van der Waals surface area (Å²) < 4.78 is 18.9. The highest BCUT2D eigenvalue weighted by molar-refractivity contribution is 6.03. The van der Waals surface area contributed by atoms with E-state index in [1.807, 2.05) is 27.7 Å². The molecule has 1 aromatic rings. The quantitative estimate of drug-likeness (QED) is 0.689. The Morgan fingerprint density at radius 2 is 1.88 bits per heavy atom. The average molecular weight is 236 g/mol. The van der Waals surface area contributed by atoms with Gasteiger partial charge in [-0.05, 0) is 18.2 Å². The van der Waals surface area contributed by atoms with E-state index >= 15 is 0 Å². The third-order valence-corrected chi connectivity index (χ3v) is 4.03. The summed E-state index contributed by atoms with van der Waals surface area (Å²) in [5.41, 5.74) is -0.522. The number of Topliss-reactive ketones (excluding diaryl/α,β-unsaturated/α-hetero) is 1. The molecule has 0 saturated carbocycles. The predicted octanol–water partition coefficient (Wildman–Crippen LogP) is 3.45. The minimum atomic E-state index is -0.577. The zero-order valence-corrected chi connectivity index (χ0v) is 10.6. The Balaban J connectivity index is 2.60. The van der Waals surface area contributed by atoms with E-state index < -0.39 is 11.2 Å². The number of benzene rings is 1. The number of carbonyl (C=O) groups excluding carboxylic acids is 1. The molecule has 1 aromatic carbocycles. The van der Waals surface area contributed by atoms with Gasteiger partial charge in [0, 0.05) is 10.8 Å². The molecule has 1 aliphatic heterocycles. The normalized spacial score (nSPS) is 21.4. The Bertz CT molecular complexity index is 475. The molecule has 0 amide bonds. The van der Waals surface area contributed by atoms with E-state index in [4.69, 9.17) is 4.74 Å². The second kappa shape index (κ2) is 3.56. The van der Waals surface area contributed by atoms with Gasteiger partial charge < -0.3 is 4.74 Å². The van der Waals surface area contributed by atoms with Gasteiger partial charge >= 0.3 is 0 Å². The van der Waals surface area contributed by atoms with Gasteiger partial charge in [0.2, 0.25) is 0 Å². The summed E-state index contributed by atoms with van der Waals surface area (Å²) in [6.45, 7) is 8.21. The maximum absolute atomic E-state index is 13.2. The molecule has 0 atom stereocenters. The molecule has 0 saturated heterocycles. The number of halogens is 1. The van der Waals surface area contributed by atoms with E-state index in [0.29, 0.717) is 17.9 Å². The summed E-state index contributed by atoms with van der Waals surface area (Å²) in [5, 5.41) is 0. The molecule has 92 valence electrons. The lowest BCUT2D eigenvalue weighted by molar-refractivity contribution is 0.0448. The number of carbonyl (C=O) groups is 1. The van der Waals surface area contributed by atoms with Crippen LogP contribution >= 0.6 is 0 Å². The number of ether oxygens (including phenoxy) is 1. The zero-order chi connectivity index (χ0) is 12.8. The van der Waals surface area contributed by atoms with Crippen LogP contribution in [0.5, 0.6) is 5.75 Å². The molecular weight excluding hydrogens is 219 g/mol. The van der Waals surface area contributed by atoms with Crippen LogP contribution in [0.25, 0.3) is 0 Å². The van der Waals surface area contributed by atoms with Crippen molar-refractivity contribution >= 4 is 5.78 Å². The second-order valence-electron chi connectivity index (χ2n) is 5.77. The number of ketones is 1. The number of hydrogen-bond acceptors (Lipinski definition) is 2. The minimum absolute atomic E-state index is 0.0606. The first-order chi connectivity index (χ1) is 7.75. The van der Waals surface area contributed by atoms with Gasteiger partial charge in [0.25, 0.3) is 0 Å². The lowest BCUT2D eigenvalue weighted by Gasteiger charge is -2.37. The maximum atomic E-state index is 13.2. The maximum Gasteiger partial charge on any atom is 0.172 e. The van der Waals surface area contributed by atoms with E-state index in [1.54, 1.807) is 0 Å². The number of fused-ring (bicyclic) bond motifs is 1. The van der Waals surface area contributed by atoms with Gasteiger partial charge in [0.05, 0.1) is 12.2 Å². The van der Waals surface area contributed by atoms with Crippen LogP contribution in [-0.4, -0.2) is 12.4 Å². The Kier molecular flexibility index (Phi) is 2.53. The average Bonchev–Trinajstić information content (AvgIpc) is 2.30. The van der Waals surface area contributed by atoms with Crippen molar-refractivity contribution < 1.29 is 13.9 Å². The largest absolute Gasteiger partial charge is 0.492 e. The number of rotatable bonds is 0. The molecule has 1 heterocycles. The fraction of sp³-hybridized carbons (Fsp3) is 0.500. The molecular formula is C14H17FO2. The van der Waals surface area contributed by atoms with Crippen molar-refractivity contribution in [3.63, 3.8) is 0 Å². The third kappa shape index (κ3) is 1.74. The summed E-state index contributed by atoms with van der Waals surface area (Å²) in [7, 11) is 0. The summed E-state index contributed by atoms with van der Waals surface area (Å²) >= 11 is 0. The first-order valence-corrected chi connectivity index (χ1v) is 5.73. The van der Waals surface area contributed by atoms with Crippen molar-refractivity contribution in [3.8, 4) is 5.75 Å². The predicted molar refractivity (Wildman–Crippen MR) is 63.8 cm³/mol. The minimum Gasteiger partial charge on any atom is -0.492 e. The fourth-order valence-corrected chi connectivity index (χ4v) is 1.89. The number of hydrogen-bond donors (Lipinski definition) is 0. The van der Waals surface area contributed by atoms with Crippen molar-refractivity contribution in [1.29, 1.82) is 0 Å². The molecule has 0 radical (unpaired) electrons. The molecule has 0 aromatic heterocycles. The molecule has 2 nitrogen and oxygen atoms in total. The summed E-state index contributed by atoms with van der Waals surface area (Å²) in [4.78, 5) is 12.5. The summed E-state index contributed by atoms with van der Waals surface area (Å²) in [6.07, 6.45) is 0. The molecule has 17 heavy (non-hydrogen) atoms. The molecule has 0 N–H and O–H groups in total. The molecule has 0 fully saturated rings. The summed E-state index contributed by atoms with van der Waals surface area (Å²) in [5.74, 6) is 0.0146. The highest BCUT2D eigenvalue weighted by atomic mass is 19.1. The molecule has 0 spiro atoms. The van der Waals surface area contributed by atoms with Gasteiger partial charge in [-0.3, -0.25) is 4.79 Å². The van der Waals surface area contributed by atoms with E-state index in [1.165, 1.54) is 18.2 Å². The molecule has 0 bridgehead atoms. The van der Waals surface area contributed by atoms with Crippen LogP contribution < -0.4 is 4.74 Å². The van der Waals surface area contributed by atoms with Crippen molar-refractivity contribution in [3.05, 3.63) is 29.6 Å². The topological polar surface area (TPSA) is 26.3 Å². The SMILES string of the molecule is CC1(C)COc2ccc(F)cc2C(=O)C1(C)C. The van der Waals surface area contributed by atoms with Gasteiger partial charge in [-0.2, -0.15) is 0 Å². The van der Waals surface area contributed by atoms with Crippen molar-refractivity contribution in [2.75, 3.05) is 6.61 Å². The Morgan fingerprint density at radius 1 is 1.24 bits per heavy atom. The molecule has 3 heteroatoms. The van der Waals surface area contributed by atoms with E-state index in [-0.39, 0.29) is 11.2 Å². The van der Waals surface area contributed by atoms with Gasteiger partial charge in [-0.1, -0.05) is 27.7 Å².